The van der Waals surface area contributed by atoms with Crippen molar-refractivity contribution >= 4 is 5.91 Å². The quantitative estimate of drug-likeness (QED) is 0.711. The molecule has 0 aliphatic heterocycles. The molecular weight excluding hydrogens is 211 g/mol. The van der Waals surface area contributed by atoms with Crippen LogP contribution in [-0.2, 0) is 4.74 Å². The molecule has 1 heterocycles. The summed E-state index contributed by atoms with van der Waals surface area (Å²) < 4.78 is 18.1. The Bertz CT molecular complexity index is 358. The number of pyridine rings is 1. The van der Waals surface area contributed by atoms with E-state index in [1.54, 1.807) is 14.2 Å². The maximum Gasteiger partial charge on any atom is 0.256 e. The number of amides is 1. The fourth-order valence-electron chi connectivity index (χ4n) is 1.30. The fraction of sp³-hybridized carbons (Fsp3) is 0.455. The number of hydrogen-bond donors (Lipinski definition) is 0. The predicted molar refractivity (Wildman–Crippen MR) is 57.6 cm³/mol. The lowest BCUT2D eigenvalue weighted by molar-refractivity contribution is 0.0774. The van der Waals surface area contributed by atoms with Gasteiger partial charge in [-0.1, -0.05) is 0 Å². The van der Waals surface area contributed by atoms with Gasteiger partial charge in [-0.05, 0) is 12.5 Å². The summed E-state index contributed by atoms with van der Waals surface area (Å²) in [6.45, 7) is 1.12. The molecule has 0 atom stereocenters. The van der Waals surface area contributed by atoms with Gasteiger partial charge in [-0.15, -0.1) is 0 Å². The smallest absolute Gasteiger partial charge is 0.256 e. The van der Waals surface area contributed by atoms with E-state index >= 15 is 0 Å². The Morgan fingerprint density at radius 1 is 1.62 bits per heavy atom. The number of methoxy groups -OCH3 is 1. The van der Waals surface area contributed by atoms with Crippen LogP contribution in [0, 0.1) is 5.82 Å². The standard InChI is InChI=1S/C11H15FN2O2/c1-14(6-3-7-16-2)11(15)9-4-5-13-8-10(9)12/h4-5,8H,3,6-7H2,1-2H3. The van der Waals surface area contributed by atoms with Crippen LogP contribution in [0.1, 0.15) is 16.8 Å². The van der Waals surface area contributed by atoms with Crippen LogP contribution in [0.15, 0.2) is 18.5 Å². The van der Waals surface area contributed by atoms with Crippen LogP contribution in [0.5, 0.6) is 0 Å². The Kier molecular flexibility index (Phi) is 4.85. The minimum absolute atomic E-state index is 0.0508. The molecule has 4 nitrogen and oxygen atoms in total. The molecule has 1 rings (SSSR count). The molecular formula is C11H15FN2O2. The highest BCUT2D eigenvalue weighted by atomic mass is 19.1. The first-order valence-corrected chi connectivity index (χ1v) is 5.00. The largest absolute Gasteiger partial charge is 0.385 e. The molecule has 0 radical (unpaired) electrons. The first-order valence-electron chi connectivity index (χ1n) is 5.00. The van der Waals surface area contributed by atoms with E-state index in [9.17, 15) is 9.18 Å². The van der Waals surface area contributed by atoms with Crippen LogP contribution in [0.3, 0.4) is 0 Å². The minimum Gasteiger partial charge on any atom is -0.385 e. The molecule has 0 unspecified atom stereocenters. The summed E-state index contributed by atoms with van der Waals surface area (Å²) in [5, 5.41) is 0. The monoisotopic (exact) mass is 226 g/mol. The molecule has 0 bridgehead atoms. The highest BCUT2D eigenvalue weighted by Gasteiger charge is 2.15. The van der Waals surface area contributed by atoms with Crippen LogP contribution in [0.4, 0.5) is 4.39 Å². The molecule has 1 amide bonds. The van der Waals surface area contributed by atoms with Crippen molar-refractivity contribution in [1.29, 1.82) is 0 Å². The van der Waals surface area contributed by atoms with E-state index in [1.807, 2.05) is 0 Å². The van der Waals surface area contributed by atoms with Crippen LogP contribution < -0.4 is 0 Å². The number of ether oxygens (including phenoxy) is 1. The van der Waals surface area contributed by atoms with Gasteiger partial charge in [0.05, 0.1) is 11.8 Å². The van der Waals surface area contributed by atoms with Gasteiger partial charge in [0.15, 0.2) is 5.82 Å². The second-order valence-corrected chi connectivity index (χ2v) is 3.43. The third-order valence-corrected chi connectivity index (χ3v) is 2.19. The summed E-state index contributed by atoms with van der Waals surface area (Å²) >= 11 is 0. The predicted octanol–water partition coefficient (Wildman–Crippen LogP) is 1.33. The third-order valence-electron chi connectivity index (χ3n) is 2.19. The van der Waals surface area contributed by atoms with Crippen molar-refractivity contribution in [3.05, 3.63) is 29.8 Å². The molecule has 0 aromatic carbocycles. The van der Waals surface area contributed by atoms with Crippen molar-refractivity contribution < 1.29 is 13.9 Å². The van der Waals surface area contributed by atoms with Gasteiger partial charge >= 0.3 is 0 Å². The molecule has 0 N–H and O–H groups in total. The lowest BCUT2D eigenvalue weighted by Crippen LogP contribution is -2.29. The molecule has 16 heavy (non-hydrogen) atoms. The number of rotatable bonds is 5. The molecule has 0 saturated heterocycles. The highest BCUT2D eigenvalue weighted by Crippen LogP contribution is 2.07. The number of nitrogens with zero attached hydrogens (tertiary/aromatic N) is 2. The van der Waals surface area contributed by atoms with Gasteiger partial charge in [-0.2, -0.15) is 0 Å². The van der Waals surface area contributed by atoms with Crippen LogP contribution in [0.2, 0.25) is 0 Å². The number of carbonyl (C=O) groups is 1. The average molecular weight is 226 g/mol. The van der Waals surface area contributed by atoms with Crippen molar-refractivity contribution in [2.45, 2.75) is 6.42 Å². The second-order valence-electron chi connectivity index (χ2n) is 3.43. The maximum atomic E-state index is 13.3. The molecule has 88 valence electrons. The Morgan fingerprint density at radius 3 is 3.00 bits per heavy atom. The van der Waals surface area contributed by atoms with Crippen molar-refractivity contribution in [1.82, 2.24) is 9.88 Å². The number of hydrogen-bond acceptors (Lipinski definition) is 3. The van der Waals surface area contributed by atoms with E-state index in [4.69, 9.17) is 4.74 Å². The van der Waals surface area contributed by atoms with Gasteiger partial charge in [0.1, 0.15) is 0 Å². The zero-order chi connectivity index (χ0) is 12.0. The lowest BCUT2D eigenvalue weighted by Gasteiger charge is -2.16. The summed E-state index contributed by atoms with van der Waals surface area (Å²) in [7, 11) is 3.24. The summed E-state index contributed by atoms with van der Waals surface area (Å²) in [4.78, 5) is 16.8. The topological polar surface area (TPSA) is 42.4 Å². The second kappa shape index (κ2) is 6.17. The Labute approximate surface area is 94.0 Å². The van der Waals surface area contributed by atoms with Gasteiger partial charge in [-0.25, -0.2) is 4.39 Å². The zero-order valence-electron chi connectivity index (χ0n) is 9.44. The van der Waals surface area contributed by atoms with Gasteiger partial charge in [-0.3, -0.25) is 9.78 Å². The first kappa shape index (κ1) is 12.6. The SMILES string of the molecule is COCCCN(C)C(=O)c1ccncc1F. The molecule has 0 spiro atoms. The molecule has 1 aromatic heterocycles. The highest BCUT2D eigenvalue weighted by molar-refractivity contribution is 5.94. The summed E-state index contributed by atoms with van der Waals surface area (Å²) in [5.74, 6) is -0.929. The van der Waals surface area contributed by atoms with E-state index in [1.165, 1.54) is 17.2 Å². The molecule has 5 heteroatoms. The molecule has 0 aliphatic carbocycles. The average Bonchev–Trinajstić information content (AvgIpc) is 2.29. The van der Waals surface area contributed by atoms with Gasteiger partial charge < -0.3 is 9.64 Å². The number of halogens is 1. The maximum absolute atomic E-state index is 13.3. The van der Waals surface area contributed by atoms with E-state index in [0.29, 0.717) is 13.2 Å². The Morgan fingerprint density at radius 2 is 2.38 bits per heavy atom. The number of aromatic nitrogens is 1. The van der Waals surface area contributed by atoms with Gasteiger partial charge in [0, 0.05) is 33.5 Å². The molecule has 0 fully saturated rings. The van der Waals surface area contributed by atoms with Crippen molar-refractivity contribution in [3.63, 3.8) is 0 Å². The minimum atomic E-state index is -0.592. The van der Waals surface area contributed by atoms with Crippen LogP contribution in [-0.4, -0.2) is 43.1 Å². The van der Waals surface area contributed by atoms with Crippen molar-refractivity contribution in [2.24, 2.45) is 0 Å². The normalized spacial score (nSPS) is 10.2. The van der Waals surface area contributed by atoms with Gasteiger partial charge in [0.25, 0.3) is 5.91 Å². The summed E-state index contributed by atoms with van der Waals surface area (Å²) in [5.41, 5.74) is 0.0508. The summed E-state index contributed by atoms with van der Waals surface area (Å²) in [6.07, 6.45) is 3.17. The van der Waals surface area contributed by atoms with Crippen LogP contribution in [0.25, 0.3) is 0 Å². The summed E-state index contributed by atoms with van der Waals surface area (Å²) in [6, 6.07) is 1.38. The van der Waals surface area contributed by atoms with E-state index in [0.717, 1.165) is 12.6 Å². The Hall–Kier alpha value is -1.49. The number of carbonyl (C=O) groups excluding carboxylic acids is 1. The van der Waals surface area contributed by atoms with Gasteiger partial charge in [0.2, 0.25) is 0 Å². The van der Waals surface area contributed by atoms with E-state index in [2.05, 4.69) is 4.98 Å². The zero-order valence-corrected chi connectivity index (χ0v) is 9.44. The van der Waals surface area contributed by atoms with E-state index < -0.39 is 5.82 Å². The van der Waals surface area contributed by atoms with Crippen molar-refractivity contribution in [3.8, 4) is 0 Å². The van der Waals surface area contributed by atoms with Crippen molar-refractivity contribution in [2.75, 3.05) is 27.3 Å². The van der Waals surface area contributed by atoms with Crippen LogP contribution >= 0.6 is 0 Å². The molecule has 1 aromatic rings. The lowest BCUT2D eigenvalue weighted by atomic mass is 10.2. The molecule has 0 aliphatic rings. The molecule has 0 saturated carbocycles. The first-order chi connectivity index (χ1) is 7.66. The van der Waals surface area contributed by atoms with E-state index in [-0.39, 0.29) is 11.5 Å². The fourth-order valence-corrected chi connectivity index (χ4v) is 1.30. The Balaban J connectivity index is 2.60. The third kappa shape index (κ3) is 3.27.